The minimum absolute atomic E-state index is 0.0298. The number of halogens is 1. The molecule has 0 heterocycles. The number of rotatable bonds is 8. The second kappa shape index (κ2) is 9.86. The Labute approximate surface area is 178 Å². The van der Waals surface area contributed by atoms with E-state index in [1.165, 1.54) is 30.3 Å². The fourth-order valence-corrected chi connectivity index (χ4v) is 3.69. The van der Waals surface area contributed by atoms with E-state index in [9.17, 15) is 22.4 Å². The van der Waals surface area contributed by atoms with Crippen LogP contribution < -0.4 is 10.0 Å². The van der Waals surface area contributed by atoms with Crippen molar-refractivity contribution in [3.8, 4) is 0 Å². The lowest BCUT2D eigenvalue weighted by atomic mass is 10.2. The van der Waals surface area contributed by atoms with Gasteiger partial charge in [-0.2, -0.15) is 0 Å². The molecule has 0 spiro atoms. The zero-order chi connectivity index (χ0) is 22.3. The lowest BCUT2D eigenvalue weighted by Crippen LogP contribution is -2.28. The molecule has 9 heteroatoms. The first-order valence-corrected chi connectivity index (χ1v) is 10.7. The van der Waals surface area contributed by atoms with Gasteiger partial charge >= 0.3 is 5.97 Å². The van der Waals surface area contributed by atoms with E-state index in [2.05, 4.69) is 10.0 Å². The maximum absolute atomic E-state index is 13.0. The average Bonchev–Trinajstić information content (AvgIpc) is 2.78. The van der Waals surface area contributed by atoms with E-state index in [4.69, 9.17) is 4.74 Å². The number of nitrogens with one attached hydrogen (secondary N) is 2. The molecule has 7 nitrogen and oxygen atoms in total. The SMILES string of the molecule is O=C(COC(=O)c1cccc(S(=O)(=O)Nc2ccc(F)cc2)c1)NCc1ccccc1. The van der Waals surface area contributed by atoms with Gasteiger partial charge < -0.3 is 10.1 Å². The summed E-state index contributed by atoms with van der Waals surface area (Å²) in [7, 11) is -4.01. The molecule has 0 unspecified atom stereocenters. The summed E-state index contributed by atoms with van der Waals surface area (Å²) < 4.78 is 45.3. The van der Waals surface area contributed by atoms with E-state index in [0.717, 1.165) is 23.8 Å². The van der Waals surface area contributed by atoms with Crippen molar-refractivity contribution in [3.63, 3.8) is 0 Å². The van der Waals surface area contributed by atoms with Gasteiger partial charge in [0.1, 0.15) is 5.82 Å². The van der Waals surface area contributed by atoms with Crippen molar-refractivity contribution in [3.05, 3.63) is 95.8 Å². The van der Waals surface area contributed by atoms with Crippen LogP contribution in [0.1, 0.15) is 15.9 Å². The third kappa shape index (κ3) is 6.38. The summed E-state index contributed by atoms with van der Waals surface area (Å²) in [6.07, 6.45) is 0. The minimum atomic E-state index is -4.01. The van der Waals surface area contributed by atoms with Gasteiger partial charge in [-0.1, -0.05) is 36.4 Å². The molecule has 160 valence electrons. The molecular formula is C22H19FN2O5S. The highest BCUT2D eigenvalue weighted by molar-refractivity contribution is 7.92. The van der Waals surface area contributed by atoms with Gasteiger partial charge in [0.25, 0.3) is 15.9 Å². The highest BCUT2D eigenvalue weighted by Crippen LogP contribution is 2.18. The fourth-order valence-electron chi connectivity index (χ4n) is 2.58. The van der Waals surface area contributed by atoms with Crippen LogP contribution in [0.4, 0.5) is 10.1 Å². The van der Waals surface area contributed by atoms with E-state index in [-0.39, 0.29) is 16.1 Å². The van der Waals surface area contributed by atoms with Crippen LogP contribution in [0, 0.1) is 5.82 Å². The van der Waals surface area contributed by atoms with Gasteiger partial charge in [-0.05, 0) is 48.0 Å². The third-order valence-electron chi connectivity index (χ3n) is 4.14. The number of ether oxygens (including phenoxy) is 1. The summed E-state index contributed by atoms with van der Waals surface area (Å²) in [4.78, 5) is 23.9. The Bertz CT molecular complexity index is 1170. The fraction of sp³-hybridized carbons (Fsp3) is 0.0909. The minimum Gasteiger partial charge on any atom is -0.452 e. The number of carbonyl (C=O) groups is 2. The number of benzene rings is 3. The Morgan fingerprint density at radius 2 is 1.61 bits per heavy atom. The monoisotopic (exact) mass is 442 g/mol. The largest absolute Gasteiger partial charge is 0.452 e. The van der Waals surface area contributed by atoms with Crippen LogP contribution in [0.25, 0.3) is 0 Å². The molecule has 1 amide bonds. The number of anilines is 1. The molecule has 3 aromatic carbocycles. The molecular weight excluding hydrogens is 423 g/mol. The smallest absolute Gasteiger partial charge is 0.338 e. The van der Waals surface area contributed by atoms with Crippen LogP contribution in [0.5, 0.6) is 0 Å². The van der Waals surface area contributed by atoms with Gasteiger partial charge in [0.05, 0.1) is 10.5 Å². The second-order valence-electron chi connectivity index (χ2n) is 6.48. The summed E-state index contributed by atoms with van der Waals surface area (Å²) in [5, 5.41) is 2.62. The van der Waals surface area contributed by atoms with Crippen LogP contribution in [-0.4, -0.2) is 26.9 Å². The Hall–Kier alpha value is -3.72. The predicted octanol–water partition coefficient (Wildman–Crippen LogP) is 3.10. The summed E-state index contributed by atoms with van der Waals surface area (Å²) >= 11 is 0. The topological polar surface area (TPSA) is 102 Å². The predicted molar refractivity (Wildman–Crippen MR) is 112 cm³/mol. The Morgan fingerprint density at radius 1 is 0.903 bits per heavy atom. The molecule has 0 aliphatic heterocycles. The van der Waals surface area contributed by atoms with E-state index < -0.39 is 34.3 Å². The molecule has 0 aromatic heterocycles. The maximum Gasteiger partial charge on any atom is 0.338 e. The number of sulfonamides is 1. The molecule has 3 rings (SSSR count). The number of carbonyl (C=O) groups excluding carboxylic acids is 2. The molecule has 0 saturated heterocycles. The summed E-state index contributed by atoms with van der Waals surface area (Å²) in [5.41, 5.74) is 1.04. The normalized spacial score (nSPS) is 10.9. The Morgan fingerprint density at radius 3 is 2.32 bits per heavy atom. The first kappa shape index (κ1) is 22.0. The van der Waals surface area contributed by atoms with Crippen LogP contribution in [-0.2, 0) is 26.1 Å². The molecule has 0 fully saturated rings. The summed E-state index contributed by atoms with van der Waals surface area (Å²) in [6.45, 7) is -0.212. The van der Waals surface area contributed by atoms with E-state index in [0.29, 0.717) is 6.54 Å². The molecule has 3 aromatic rings. The van der Waals surface area contributed by atoms with E-state index in [1.807, 2.05) is 30.3 Å². The van der Waals surface area contributed by atoms with Crippen molar-refractivity contribution in [2.75, 3.05) is 11.3 Å². The first-order valence-electron chi connectivity index (χ1n) is 9.20. The standard InChI is InChI=1S/C22H19FN2O5S/c23-18-9-11-19(12-10-18)25-31(28,29)20-8-4-7-17(13-20)22(27)30-15-21(26)24-14-16-5-2-1-3-6-16/h1-13,25H,14-15H2,(H,24,26). The number of hydrogen-bond acceptors (Lipinski definition) is 5. The third-order valence-corrected chi connectivity index (χ3v) is 5.52. The molecule has 0 atom stereocenters. The van der Waals surface area contributed by atoms with Crippen molar-refractivity contribution in [2.24, 2.45) is 0 Å². The molecule has 2 N–H and O–H groups in total. The van der Waals surface area contributed by atoms with Crippen molar-refractivity contribution >= 4 is 27.6 Å². The van der Waals surface area contributed by atoms with Gasteiger partial charge in [0.15, 0.2) is 6.61 Å². The zero-order valence-corrected chi connectivity index (χ0v) is 17.1. The van der Waals surface area contributed by atoms with Crippen LogP contribution >= 0.6 is 0 Å². The molecule has 0 aliphatic rings. The van der Waals surface area contributed by atoms with Crippen molar-refractivity contribution < 1.29 is 27.1 Å². The van der Waals surface area contributed by atoms with Gasteiger partial charge in [0, 0.05) is 12.2 Å². The Kier molecular flexibility index (Phi) is 6.99. The van der Waals surface area contributed by atoms with E-state index in [1.54, 1.807) is 0 Å². The van der Waals surface area contributed by atoms with Crippen LogP contribution in [0.3, 0.4) is 0 Å². The average molecular weight is 442 g/mol. The molecule has 0 bridgehead atoms. The first-order chi connectivity index (χ1) is 14.8. The number of amides is 1. The lowest BCUT2D eigenvalue weighted by Gasteiger charge is -2.10. The van der Waals surface area contributed by atoms with Crippen LogP contribution in [0.15, 0.2) is 83.8 Å². The Balaban J connectivity index is 1.59. The lowest BCUT2D eigenvalue weighted by molar-refractivity contribution is -0.124. The van der Waals surface area contributed by atoms with Gasteiger partial charge in [0.2, 0.25) is 0 Å². The maximum atomic E-state index is 13.0. The van der Waals surface area contributed by atoms with Gasteiger partial charge in [-0.25, -0.2) is 17.6 Å². The van der Waals surface area contributed by atoms with E-state index >= 15 is 0 Å². The quantitative estimate of drug-likeness (QED) is 0.522. The van der Waals surface area contributed by atoms with Crippen molar-refractivity contribution in [1.29, 1.82) is 0 Å². The number of esters is 1. The summed E-state index contributed by atoms with van der Waals surface area (Å²) in [5.74, 6) is -1.83. The zero-order valence-electron chi connectivity index (χ0n) is 16.2. The highest BCUT2D eigenvalue weighted by Gasteiger charge is 2.18. The molecule has 0 aliphatic carbocycles. The molecule has 0 radical (unpaired) electrons. The second-order valence-corrected chi connectivity index (χ2v) is 8.16. The van der Waals surface area contributed by atoms with Crippen LogP contribution in [0.2, 0.25) is 0 Å². The van der Waals surface area contributed by atoms with Gasteiger partial charge in [-0.15, -0.1) is 0 Å². The van der Waals surface area contributed by atoms with Crippen molar-refractivity contribution in [1.82, 2.24) is 5.32 Å². The summed E-state index contributed by atoms with van der Waals surface area (Å²) in [6, 6.07) is 19.2. The van der Waals surface area contributed by atoms with Crippen molar-refractivity contribution in [2.45, 2.75) is 11.4 Å². The van der Waals surface area contributed by atoms with Gasteiger partial charge in [-0.3, -0.25) is 9.52 Å². The highest BCUT2D eigenvalue weighted by atomic mass is 32.2. The molecule has 31 heavy (non-hydrogen) atoms. The number of hydrogen-bond donors (Lipinski definition) is 2. The molecule has 0 saturated carbocycles.